The Balaban J connectivity index is -0.0000000233. The average molecular weight is 551 g/mol. The van der Waals surface area contributed by atoms with Crippen LogP contribution in [0.2, 0.25) is 0 Å². The monoisotopic (exact) mass is 553 g/mol. The summed E-state index contributed by atoms with van der Waals surface area (Å²) in [5, 5.41) is 0. The van der Waals surface area contributed by atoms with Crippen LogP contribution in [0.15, 0.2) is 18.2 Å². The summed E-state index contributed by atoms with van der Waals surface area (Å²) in [6, 6.07) is 0. The van der Waals surface area contributed by atoms with Gasteiger partial charge in [0.25, 0.3) is 0 Å². The third-order valence-corrected chi connectivity index (χ3v) is 0.586. The second-order valence-electron chi connectivity index (χ2n) is 7.00. The largest absolute Gasteiger partial charge is 0.412 e. The van der Waals surface area contributed by atoms with Gasteiger partial charge in [-0.2, -0.15) is 0 Å². The van der Waals surface area contributed by atoms with E-state index in [2.05, 4.69) is 95.2 Å². The minimum Gasteiger partial charge on any atom is -0.412 e. The summed E-state index contributed by atoms with van der Waals surface area (Å²) < 4.78 is 0. The zero-order valence-corrected chi connectivity index (χ0v) is 24.1. The van der Waals surface area contributed by atoms with Gasteiger partial charge in [-0.1, -0.05) is 101 Å². The fourth-order valence-corrected chi connectivity index (χ4v) is 0.340. The van der Waals surface area contributed by atoms with Gasteiger partial charge >= 0.3 is 0 Å². The Bertz CT molecular complexity index is 169. The maximum absolute atomic E-state index is 2.99. The summed E-state index contributed by atoms with van der Waals surface area (Å²) in [5.74, 6) is 5.67. The van der Waals surface area contributed by atoms with Crippen molar-refractivity contribution >= 4 is 47.8 Å². The Morgan fingerprint density at radius 1 is 0.625 bits per heavy atom. The number of hydrogen-bond acceptors (Lipinski definition) is 0. The molecule has 0 saturated heterocycles. The van der Waals surface area contributed by atoms with Crippen molar-refractivity contribution in [3.8, 4) is 0 Å². The molecule has 0 aromatic rings. The van der Waals surface area contributed by atoms with Gasteiger partial charge < -0.3 is 5.48 Å². The first-order valence-corrected chi connectivity index (χ1v) is 7.72. The van der Waals surface area contributed by atoms with Gasteiger partial charge in [-0.05, 0) is 36.2 Å². The van der Waals surface area contributed by atoms with E-state index >= 15 is 0 Å². The Labute approximate surface area is 191 Å². The summed E-state index contributed by atoms with van der Waals surface area (Å²) >= 11 is 0. The van der Waals surface area contributed by atoms with Crippen molar-refractivity contribution in [1.29, 1.82) is 0 Å². The standard InChI is InChI=1S/C5H5.4C4H9.H2O.2Sn.H2/c1-2-4-5-3-1;4*1-4(2)3;;;;/h1-3H,4H2;4*1-3H3;1H2;;;1H. The third kappa shape index (κ3) is 307. The summed E-state index contributed by atoms with van der Waals surface area (Å²) in [7, 11) is 0. The van der Waals surface area contributed by atoms with Crippen LogP contribution in [0, 0.1) is 29.7 Å². The molecule has 1 rings (SSSR count). The van der Waals surface area contributed by atoms with Gasteiger partial charge in [0.2, 0.25) is 0 Å². The summed E-state index contributed by atoms with van der Waals surface area (Å²) in [6.07, 6.45) is 10.0. The molecule has 24 heavy (non-hydrogen) atoms. The molecule has 0 aliphatic heterocycles. The molecule has 0 unspecified atom stereocenters. The molecule has 13 radical (unpaired) electrons. The topological polar surface area (TPSA) is 31.5 Å². The van der Waals surface area contributed by atoms with Gasteiger partial charge in [0, 0.05) is 49.2 Å². The van der Waals surface area contributed by atoms with E-state index in [4.69, 9.17) is 0 Å². The Kier molecular flexibility index (Phi) is 72.6. The van der Waals surface area contributed by atoms with Crippen molar-refractivity contribution in [2.45, 2.75) is 89.5 Å². The first-order valence-electron chi connectivity index (χ1n) is 7.72. The summed E-state index contributed by atoms with van der Waals surface area (Å²) in [6.45, 7) is 25.0. The van der Waals surface area contributed by atoms with Crippen LogP contribution in [0.25, 0.3) is 0 Å². The molecule has 1 aliphatic carbocycles. The average Bonchev–Trinajstić information content (AvgIpc) is 2.68. The Morgan fingerprint density at radius 2 is 0.833 bits per heavy atom. The maximum atomic E-state index is 2.99. The van der Waals surface area contributed by atoms with Gasteiger partial charge in [-0.25, -0.2) is 0 Å². The maximum Gasteiger partial charge on any atom is 0 e. The van der Waals surface area contributed by atoms with Crippen LogP contribution < -0.4 is 0 Å². The van der Waals surface area contributed by atoms with Crippen LogP contribution in [0.1, 0.15) is 90.9 Å². The smallest absolute Gasteiger partial charge is 0 e. The predicted molar refractivity (Wildman–Crippen MR) is 120 cm³/mol. The van der Waals surface area contributed by atoms with Gasteiger partial charge in [-0.3, -0.25) is 0 Å². The number of rotatable bonds is 0. The molecular weight excluding hydrogens is 506 g/mol. The molecule has 0 heterocycles. The van der Waals surface area contributed by atoms with Crippen LogP contribution in [0.4, 0.5) is 0 Å². The van der Waals surface area contributed by atoms with Crippen molar-refractivity contribution in [2.75, 3.05) is 0 Å². The quantitative estimate of drug-likeness (QED) is 0.311. The Hall–Kier alpha value is 1.04. The fourth-order valence-electron chi connectivity index (χ4n) is 0.340. The van der Waals surface area contributed by atoms with Gasteiger partial charge in [-0.15, -0.1) is 0 Å². The molecule has 0 fully saturated rings. The molecule has 1 aliphatic rings. The zero-order valence-electron chi connectivity index (χ0n) is 18.4. The summed E-state index contributed by atoms with van der Waals surface area (Å²) in [4.78, 5) is 0. The second kappa shape index (κ2) is 39.2. The van der Waals surface area contributed by atoms with Crippen LogP contribution in [0.3, 0.4) is 0 Å². The van der Waals surface area contributed by atoms with E-state index in [-0.39, 0.29) is 54.7 Å². The van der Waals surface area contributed by atoms with Crippen molar-refractivity contribution in [1.82, 2.24) is 0 Å². The van der Waals surface area contributed by atoms with E-state index in [0.29, 0.717) is 0 Å². The molecule has 0 bridgehead atoms. The van der Waals surface area contributed by atoms with E-state index in [9.17, 15) is 0 Å². The predicted octanol–water partition coefficient (Wildman–Crippen LogP) is 6.45. The van der Waals surface area contributed by atoms with Crippen LogP contribution in [-0.4, -0.2) is 53.3 Å². The van der Waals surface area contributed by atoms with E-state index in [1.54, 1.807) is 0 Å². The van der Waals surface area contributed by atoms with E-state index in [1.165, 1.54) is 23.7 Å². The van der Waals surface area contributed by atoms with Crippen LogP contribution in [0.5, 0.6) is 0 Å². The number of allylic oxidation sites excluding steroid dienone is 4. The van der Waals surface area contributed by atoms with Crippen molar-refractivity contribution in [3.05, 3.63) is 48.0 Å². The normalized spacial score (nSPS) is 9.67. The van der Waals surface area contributed by atoms with Crippen molar-refractivity contribution < 1.29 is 6.90 Å². The molecule has 0 amide bonds. The zero-order chi connectivity index (χ0) is 17.8. The molecule has 0 saturated carbocycles. The first kappa shape index (κ1) is 44.5. The van der Waals surface area contributed by atoms with E-state index in [1.807, 2.05) is 12.2 Å². The molecule has 0 spiro atoms. The van der Waals surface area contributed by atoms with E-state index < -0.39 is 0 Å². The molecule has 0 aromatic heterocycles. The molecular formula is C21H45OSn2. The SMILES string of the molecule is C[C](C)C.C[C](C)C.C[C](C)C.C[C](C)C.O.[C]1=CC=CC1.[HH].[Sn].[Sn]. The Morgan fingerprint density at radius 3 is 0.875 bits per heavy atom. The molecule has 2 N–H and O–H groups in total. The van der Waals surface area contributed by atoms with Gasteiger partial charge in [0.15, 0.2) is 0 Å². The first-order chi connectivity index (χ1) is 9.43. The van der Waals surface area contributed by atoms with E-state index in [0.717, 1.165) is 6.42 Å². The van der Waals surface area contributed by atoms with Gasteiger partial charge in [0.1, 0.15) is 0 Å². The third-order valence-electron chi connectivity index (χ3n) is 0.586. The van der Waals surface area contributed by atoms with Crippen LogP contribution >= 0.6 is 0 Å². The summed E-state index contributed by atoms with van der Waals surface area (Å²) in [5.41, 5.74) is 0. The molecule has 3 heteroatoms. The van der Waals surface area contributed by atoms with Crippen LogP contribution in [-0.2, 0) is 0 Å². The second-order valence-corrected chi connectivity index (χ2v) is 7.00. The number of hydrogen-bond donors (Lipinski definition) is 0. The molecule has 1 nitrogen and oxygen atoms in total. The minimum atomic E-state index is 0. The van der Waals surface area contributed by atoms with Gasteiger partial charge in [0.05, 0.1) is 0 Å². The molecule has 0 aromatic carbocycles. The molecule has 143 valence electrons. The van der Waals surface area contributed by atoms with Crippen molar-refractivity contribution in [3.63, 3.8) is 0 Å². The minimum absolute atomic E-state index is 0. The molecule has 0 atom stereocenters. The van der Waals surface area contributed by atoms with Crippen molar-refractivity contribution in [2.24, 2.45) is 0 Å². The fraction of sp³-hybridized carbons (Fsp3) is 0.619.